The Morgan fingerprint density at radius 3 is 1.69 bits per heavy atom. The molecule has 0 unspecified atom stereocenters. The van der Waals surface area contributed by atoms with Crippen molar-refractivity contribution in [2.24, 2.45) is 0 Å². The normalized spacial score (nSPS) is 20.6. The van der Waals surface area contributed by atoms with Crippen LogP contribution in [0.3, 0.4) is 0 Å². The number of nitrogens with zero attached hydrogens (tertiary/aromatic N) is 1. The average Bonchev–Trinajstić information content (AvgIpc) is 3.60. The molecule has 1 nitrogen and oxygen atoms in total. The molecule has 3 fully saturated rings. The lowest BCUT2D eigenvalue weighted by molar-refractivity contribution is 0.701. The van der Waals surface area contributed by atoms with Crippen molar-refractivity contribution in [1.82, 2.24) is 4.98 Å². The third-order valence-electron chi connectivity index (χ3n) is 8.71. The summed E-state index contributed by atoms with van der Waals surface area (Å²) in [7, 11) is 2.17. The van der Waals surface area contributed by atoms with Crippen molar-refractivity contribution < 1.29 is 0 Å². The molecule has 0 spiro atoms. The zero-order chi connectivity index (χ0) is 21.5. The maximum atomic E-state index is 5.13. The standard InChI is InChI=1S/C30H36BN/c31-29-19-26-15-23(20-7-1-2-8-20)13-14-28(26)30(32-29)27-17-24(21-9-3-4-10-21)16-25(18-27)22-11-5-6-12-22/h13-22H,1-12,31H2. The molecule has 1 aromatic heterocycles. The first-order valence-electron chi connectivity index (χ1n) is 13.3. The van der Waals surface area contributed by atoms with E-state index in [0.29, 0.717) is 0 Å². The largest absolute Gasteiger partial charge is 0.263 e. The smallest absolute Gasteiger partial charge is 0.163 e. The fourth-order valence-corrected chi connectivity index (χ4v) is 6.95. The molecule has 1 heterocycles. The Morgan fingerprint density at radius 2 is 1.12 bits per heavy atom. The van der Waals surface area contributed by atoms with E-state index in [0.717, 1.165) is 23.3 Å². The first-order valence-corrected chi connectivity index (χ1v) is 13.3. The minimum absolute atomic E-state index is 0.750. The predicted molar refractivity (Wildman–Crippen MR) is 139 cm³/mol. The van der Waals surface area contributed by atoms with Gasteiger partial charge in [0.25, 0.3) is 0 Å². The predicted octanol–water partition coefficient (Wildman–Crippen LogP) is 7.13. The van der Waals surface area contributed by atoms with Gasteiger partial charge in [0.05, 0.1) is 5.69 Å². The highest BCUT2D eigenvalue weighted by Gasteiger charge is 2.23. The lowest BCUT2D eigenvalue weighted by atomic mass is 9.86. The summed E-state index contributed by atoms with van der Waals surface area (Å²) in [5, 5.41) is 2.71. The van der Waals surface area contributed by atoms with Crippen molar-refractivity contribution in [1.29, 1.82) is 0 Å². The fourth-order valence-electron chi connectivity index (χ4n) is 6.95. The molecule has 164 valence electrons. The van der Waals surface area contributed by atoms with Gasteiger partial charge in [-0.05, 0) is 102 Å². The minimum Gasteiger partial charge on any atom is -0.263 e. The molecule has 2 aromatic carbocycles. The molecular weight excluding hydrogens is 385 g/mol. The van der Waals surface area contributed by atoms with E-state index in [1.165, 1.54) is 105 Å². The summed E-state index contributed by atoms with van der Waals surface area (Å²) in [6.45, 7) is 0. The Labute approximate surface area is 194 Å². The molecule has 3 aliphatic carbocycles. The maximum Gasteiger partial charge on any atom is 0.163 e. The molecule has 0 N–H and O–H groups in total. The summed E-state index contributed by atoms with van der Waals surface area (Å²) in [5.41, 5.74) is 8.42. The molecule has 3 aromatic rings. The Hall–Kier alpha value is -2.09. The van der Waals surface area contributed by atoms with Crippen LogP contribution in [0.4, 0.5) is 0 Å². The summed E-state index contributed by atoms with van der Waals surface area (Å²) >= 11 is 0. The molecule has 0 aliphatic heterocycles. The topological polar surface area (TPSA) is 12.9 Å². The van der Waals surface area contributed by atoms with Crippen LogP contribution in [0.1, 0.15) is 111 Å². The molecule has 0 bridgehead atoms. The third kappa shape index (κ3) is 3.91. The van der Waals surface area contributed by atoms with Gasteiger partial charge in [-0.1, -0.05) is 62.8 Å². The molecule has 6 rings (SSSR count). The molecule has 3 aliphatic rings. The van der Waals surface area contributed by atoms with E-state index in [4.69, 9.17) is 4.98 Å². The highest BCUT2D eigenvalue weighted by atomic mass is 14.7. The van der Waals surface area contributed by atoms with Gasteiger partial charge >= 0.3 is 0 Å². The fraction of sp³-hybridized carbons (Fsp3) is 0.500. The third-order valence-corrected chi connectivity index (χ3v) is 8.71. The van der Waals surface area contributed by atoms with E-state index in [9.17, 15) is 0 Å². The molecule has 0 radical (unpaired) electrons. The van der Waals surface area contributed by atoms with Crippen molar-refractivity contribution in [3.8, 4) is 11.3 Å². The molecule has 0 saturated heterocycles. The molecule has 2 heteroatoms. The van der Waals surface area contributed by atoms with Crippen LogP contribution in [-0.2, 0) is 0 Å². The Bertz CT molecular complexity index is 1080. The van der Waals surface area contributed by atoms with Gasteiger partial charge in [0.2, 0.25) is 0 Å². The Kier molecular flexibility index (Phi) is 5.57. The summed E-state index contributed by atoms with van der Waals surface area (Å²) in [6, 6.07) is 17.1. The number of rotatable bonds is 4. The van der Waals surface area contributed by atoms with Crippen molar-refractivity contribution in [2.45, 2.75) is 94.8 Å². The van der Waals surface area contributed by atoms with Crippen LogP contribution in [0.2, 0.25) is 0 Å². The van der Waals surface area contributed by atoms with Gasteiger partial charge in [0, 0.05) is 10.9 Å². The monoisotopic (exact) mass is 421 g/mol. The lowest BCUT2D eigenvalue weighted by Crippen LogP contribution is -2.10. The highest BCUT2D eigenvalue weighted by Crippen LogP contribution is 2.42. The molecule has 0 atom stereocenters. The van der Waals surface area contributed by atoms with Crippen molar-refractivity contribution in [3.05, 3.63) is 59.2 Å². The SMILES string of the molecule is Bc1cc2cc(C3CCCC3)ccc2c(-c2cc(C3CCCC3)cc(C3CCCC3)c2)n1. The van der Waals surface area contributed by atoms with Gasteiger partial charge < -0.3 is 0 Å². The van der Waals surface area contributed by atoms with Crippen molar-refractivity contribution in [2.75, 3.05) is 0 Å². The van der Waals surface area contributed by atoms with Gasteiger partial charge in [-0.3, -0.25) is 4.98 Å². The second-order valence-corrected chi connectivity index (χ2v) is 10.9. The molecule has 3 saturated carbocycles. The number of hydrogen-bond acceptors (Lipinski definition) is 1. The second-order valence-electron chi connectivity index (χ2n) is 10.9. The summed E-state index contributed by atoms with van der Waals surface area (Å²) < 4.78 is 0. The average molecular weight is 421 g/mol. The van der Waals surface area contributed by atoms with E-state index < -0.39 is 0 Å². The van der Waals surface area contributed by atoms with E-state index >= 15 is 0 Å². The van der Waals surface area contributed by atoms with Crippen molar-refractivity contribution >= 4 is 24.2 Å². The van der Waals surface area contributed by atoms with E-state index in [1.807, 2.05) is 0 Å². The van der Waals surface area contributed by atoms with E-state index in [2.05, 4.69) is 50.3 Å². The van der Waals surface area contributed by atoms with Gasteiger partial charge in [0.15, 0.2) is 7.85 Å². The molecule has 0 amide bonds. The number of benzene rings is 2. The van der Waals surface area contributed by atoms with E-state index in [1.54, 1.807) is 11.1 Å². The zero-order valence-corrected chi connectivity index (χ0v) is 19.7. The van der Waals surface area contributed by atoms with Crippen LogP contribution in [0.15, 0.2) is 42.5 Å². The Morgan fingerprint density at radius 1 is 0.594 bits per heavy atom. The van der Waals surface area contributed by atoms with Crippen molar-refractivity contribution in [3.63, 3.8) is 0 Å². The lowest BCUT2D eigenvalue weighted by Gasteiger charge is -2.19. The first kappa shape index (κ1) is 20.5. The van der Waals surface area contributed by atoms with Gasteiger partial charge in [0.1, 0.15) is 0 Å². The van der Waals surface area contributed by atoms with Gasteiger partial charge in [-0.2, -0.15) is 0 Å². The number of hydrogen-bond donors (Lipinski definition) is 0. The minimum atomic E-state index is 0.750. The second kappa shape index (κ2) is 8.69. The summed E-state index contributed by atoms with van der Waals surface area (Å²) in [6.07, 6.45) is 16.5. The van der Waals surface area contributed by atoms with Crippen LogP contribution >= 0.6 is 0 Å². The van der Waals surface area contributed by atoms with E-state index in [-0.39, 0.29) is 0 Å². The molecular formula is C30H36BN. The van der Waals surface area contributed by atoms with Crippen LogP contribution < -0.4 is 5.59 Å². The van der Waals surface area contributed by atoms with Crippen LogP contribution in [0, 0.1) is 0 Å². The number of fused-ring (bicyclic) bond motifs is 1. The number of pyridine rings is 1. The quantitative estimate of drug-likeness (QED) is 0.408. The van der Waals surface area contributed by atoms with Crippen LogP contribution in [0.25, 0.3) is 22.0 Å². The maximum absolute atomic E-state index is 5.13. The highest BCUT2D eigenvalue weighted by molar-refractivity contribution is 6.32. The summed E-state index contributed by atoms with van der Waals surface area (Å²) in [5.74, 6) is 2.26. The number of aromatic nitrogens is 1. The van der Waals surface area contributed by atoms with Crippen LogP contribution in [-0.4, -0.2) is 12.8 Å². The zero-order valence-electron chi connectivity index (χ0n) is 19.7. The van der Waals surface area contributed by atoms with Gasteiger partial charge in [-0.15, -0.1) is 0 Å². The van der Waals surface area contributed by atoms with Crippen LogP contribution in [0.5, 0.6) is 0 Å². The first-order chi connectivity index (χ1) is 15.7. The summed E-state index contributed by atoms with van der Waals surface area (Å²) in [4.78, 5) is 5.13. The Balaban J connectivity index is 1.48. The molecule has 32 heavy (non-hydrogen) atoms. The van der Waals surface area contributed by atoms with Gasteiger partial charge in [-0.25, -0.2) is 0 Å².